The summed E-state index contributed by atoms with van der Waals surface area (Å²) in [5, 5.41) is 2.98. The van der Waals surface area contributed by atoms with Crippen LogP contribution in [0.15, 0.2) is 24.3 Å². The van der Waals surface area contributed by atoms with E-state index in [2.05, 4.69) is 17.1 Å². The number of rotatable bonds is 6. The zero-order chi connectivity index (χ0) is 17.8. The lowest BCUT2D eigenvalue weighted by Crippen LogP contribution is -2.39. The Kier molecular flexibility index (Phi) is 5.48. The first-order chi connectivity index (χ1) is 12.1. The minimum atomic E-state index is -0.111. The summed E-state index contributed by atoms with van der Waals surface area (Å²) in [6, 6.07) is 7.33. The van der Waals surface area contributed by atoms with Gasteiger partial charge < -0.3 is 5.32 Å². The van der Waals surface area contributed by atoms with Crippen molar-refractivity contribution in [2.45, 2.75) is 51.6 Å². The van der Waals surface area contributed by atoms with E-state index in [1.54, 1.807) is 0 Å². The van der Waals surface area contributed by atoms with Crippen LogP contribution in [0, 0.1) is 0 Å². The highest BCUT2D eigenvalue weighted by atomic mass is 16.2. The lowest BCUT2D eigenvalue weighted by molar-refractivity contribution is -0.139. The fourth-order valence-electron chi connectivity index (χ4n) is 3.58. The van der Waals surface area contributed by atoms with Crippen LogP contribution in [-0.4, -0.2) is 46.7 Å². The van der Waals surface area contributed by atoms with E-state index >= 15 is 0 Å². The number of anilines is 1. The molecular formula is C19H25N3O3. The summed E-state index contributed by atoms with van der Waals surface area (Å²) >= 11 is 0. The highest BCUT2D eigenvalue weighted by molar-refractivity contribution is 6.01. The lowest BCUT2D eigenvalue weighted by atomic mass is 10.1. The molecule has 0 aromatic heterocycles. The Morgan fingerprint density at radius 2 is 1.84 bits per heavy atom. The van der Waals surface area contributed by atoms with Crippen LogP contribution in [0.2, 0.25) is 0 Å². The number of nitrogens with zero attached hydrogens (tertiary/aromatic N) is 2. The monoisotopic (exact) mass is 343 g/mol. The van der Waals surface area contributed by atoms with Gasteiger partial charge in [-0.2, -0.15) is 0 Å². The summed E-state index contributed by atoms with van der Waals surface area (Å²) < 4.78 is 0. The highest BCUT2D eigenvalue weighted by Gasteiger charge is 2.30. The average Bonchev–Trinajstić information content (AvgIpc) is 3.19. The molecule has 134 valence electrons. The van der Waals surface area contributed by atoms with Gasteiger partial charge in [0.25, 0.3) is 0 Å². The first-order valence-corrected chi connectivity index (χ1v) is 9.05. The van der Waals surface area contributed by atoms with E-state index in [4.69, 9.17) is 0 Å². The zero-order valence-electron chi connectivity index (χ0n) is 14.7. The fraction of sp³-hybridized carbons (Fsp3) is 0.526. The Labute approximate surface area is 148 Å². The molecule has 1 atom stereocenters. The molecule has 1 aromatic rings. The third-order valence-electron chi connectivity index (χ3n) is 4.89. The largest absolute Gasteiger partial charge is 0.325 e. The number of benzene rings is 1. The summed E-state index contributed by atoms with van der Waals surface area (Å²) in [5.74, 6) is -0.178. The van der Waals surface area contributed by atoms with Crippen LogP contribution in [0.3, 0.4) is 0 Å². The topological polar surface area (TPSA) is 69.7 Å². The molecule has 0 spiro atoms. The molecule has 0 aliphatic carbocycles. The number of nitrogens with one attached hydrogen (secondary N) is 1. The molecule has 1 N–H and O–H groups in total. The van der Waals surface area contributed by atoms with Crippen molar-refractivity contribution in [3.63, 3.8) is 0 Å². The van der Waals surface area contributed by atoms with Gasteiger partial charge in [-0.05, 0) is 50.0 Å². The van der Waals surface area contributed by atoms with Crippen LogP contribution in [0.1, 0.15) is 44.6 Å². The van der Waals surface area contributed by atoms with Gasteiger partial charge >= 0.3 is 0 Å². The normalized spacial score (nSPS) is 21.2. The second-order valence-corrected chi connectivity index (χ2v) is 6.75. The molecule has 0 bridgehead atoms. The summed E-state index contributed by atoms with van der Waals surface area (Å²) in [5.41, 5.74) is 1.63. The summed E-state index contributed by atoms with van der Waals surface area (Å²) in [4.78, 5) is 39.4. The number of amides is 3. The third-order valence-corrected chi connectivity index (χ3v) is 4.89. The van der Waals surface area contributed by atoms with Crippen molar-refractivity contribution in [1.29, 1.82) is 0 Å². The minimum Gasteiger partial charge on any atom is -0.325 e. The van der Waals surface area contributed by atoms with Crippen LogP contribution in [-0.2, 0) is 20.9 Å². The predicted octanol–water partition coefficient (Wildman–Crippen LogP) is 2.15. The number of hydrogen-bond acceptors (Lipinski definition) is 4. The number of carbonyl (C=O) groups is 3. The fourth-order valence-corrected chi connectivity index (χ4v) is 3.58. The predicted molar refractivity (Wildman–Crippen MR) is 94.7 cm³/mol. The molecule has 2 aliphatic heterocycles. The summed E-state index contributed by atoms with van der Waals surface area (Å²) in [6.07, 6.45) is 3.63. The molecule has 3 rings (SSSR count). The maximum atomic E-state index is 12.5. The van der Waals surface area contributed by atoms with Crippen molar-refractivity contribution in [2.24, 2.45) is 0 Å². The SMILES string of the molecule is CCCN1CCC[C@@H]1C(=O)Nc1ccc(CN2C(=O)CCC2=O)cc1. The van der Waals surface area contributed by atoms with E-state index in [-0.39, 0.29) is 23.8 Å². The van der Waals surface area contributed by atoms with Crippen LogP contribution in [0.5, 0.6) is 0 Å². The molecule has 25 heavy (non-hydrogen) atoms. The molecule has 0 radical (unpaired) electrons. The Hall–Kier alpha value is -2.21. The van der Waals surface area contributed by atoms with Gasteiger partial charge in [-0.25, -0.2) is 0 Å². The zero-order valence-corrected chi connectivity index (χ0v) is 14.7. The number of likely N-dealkylation sites (tertiary alicyclic amines) is 2. The maximum absolute atomic E-state index is 12.5. The summed E-state index contributed by atoms with van der Waals surface area (Å²) in [7, 11) is 0. The molecule has 2 heterocycles. The van der Waals surface area contributed by atoms with Crippen LogP contribution in [0.25, 0.3) is 0 Å². The van der Waals surface area contributed by atoms with E-state index in [1.165, 1.54) is 4.90 Å². The van der Waals surface area contributed by atoms with E-state index in [0.29, 0.717) is 19.4 Å². The Bertz CT molecular complexity index is 640. The second-order valence-electron chi connectivity index (χ2n) is 6.75. The first kappa shape index (κ1) is 17.6. The van der Waals surface area contributed by atoms with Gasteiger partial charge in [-0.1, -0.05) is 19.1 Å². The average molecular weight is 343 g/mol. The van der Waals surface area contributed by atoms with Gasteiger partial charge in [0.1, 0.15) is 0 Å². The highest BCUT2D eigenvalue weighted by Crippen LogP contribution is 2.21. The van der Waals surface area contributed by atoms with Crippen molar-refractivity contribution >= 4 is 23.4 Å². The molecule has 6 nitrogen and oxygen atoms in total. The van der Waals surface area contributed by atoms with E-state index in [1.807, 2.05) is 24.3 Å². The second kappa shape index (κ2) is 7.78. The van der Waals surface area contributed by atoms with E-state index in [0.717, 1.165) is 43.6 Å². The number of carbonyl (C=O) groups excluding carboxylic acids is 3. The van der Waals surface area contributed by atoms with Crippen molar-refractivity contribution < 1.29 is 14.4 Å². The lowest BCUT2D eigenvalue weighted by Gasteiger charge is -2.23. The van der Waals surface area contributed by atoms with Crippen LogP contribution < -0.4 is 5.32 Å². The van der Waals surface area contributed by atoms with Crippen LogP contribution >= 0.6 is 0 Å². The molecule has 6 heteroatoms. The van der Waals surface area contributed by atoms with E-state index < -0.39 is 0 Å². The van der Waals surface area contributed by atoms with Gasteiger partial charge in [0, 0.05) is 18.5 Å². The van der Waals surface area contributed by atoms with Gasteiger partial charge in [-0.15, -0.1) is 0 Å². The Morgan fingerprint density at radius 3 is 2.48 bits per heavy atom. The van der Waals surface area contributed by atoms with Gasteiger partial charge in [0.15, 0.2) is 0 Å². The van der Waals surface area contributed by atoms with Crippen molar-refractivity contribution in [3.05, 3.63) is 29.8 Å². The van der Waals surface area contributed by atoms with Crippen molar-refractivity contribution in [1.82, 2.24) is 9.80 Å². The Balaban J connectivity index is 1.58. The molecule has 2 saturated heterocycles. The molecule has 1 aromatic carbocycles. The van der Waals surface area contributed by atoms with Crippen molar-refractivity contribution in [2.75, 3.05) is 18.4 Å². The molecule has 2 fully saturated rings. The van der Waals surface area contributed by atoms with Gasteiger partial charge in [0.2, 0.25) is 17.7 Å². The molecule has 0 saturated carbocycles. The van der Waals surface area contributed by atoms with E-state index in [9.17, 15) is 14.4 Å². The molecule has 0 unspecified atom stereocenters. The standard InChI is InChI=1S/C19H25N3O3/c1-2-11-21-12-3-4-16(21)19(25)20-15-7-5-14(6-8-15)13-22-17(23)9-10-18(22)24/h5-8,16H,2-4,9-13H2,1H3,(H,20,25)/t16-/m1/s1. The van der Waals surface area contributed by atoms with Crippen molar-refractivity contribution in [3.8, 4) is 0 Å². The van der Waals surface area contributed by atoms with Gasteiger partial charge in [0.05, 0.1) is 12.6 Å². The maximum Gasteiger partial charge on any atom is 0.241 e. The quantitative estimate of drug-likeness (QED) is 0.804. The van der Waals surface area contributed by atoms with Crippen LogP contribution in [0.4, 0.5) is 5.69 Å². The first-order valence-electron chi connectivity index (χ1n) is 9.05. The Morgan fingerprint density at radius 1 is 1.16 bits per heavy atom. The van der Waals surface area contributed by atoms with Gasteiger partial charge in [-0.3, -0.25) is 24.2 Å². The molecular weight excluding hydrogens is 318 g/mol. The smallest absolute Gasteiger partial charge is 0.241 e. The summed E-state index contributed by atoms with van der Waals surface area (Å²) in [6.45, 7) is 4.37. The third kappa shape index (κ3) is 4.07. The number of hydrogen-bond donors (Lipinski definition) is 1. The minimum absolute atomic E-state index is 0.0422. The molecule has 3 amide bonds. The number of imide groups is 1. The molecule has 2 aliphatic rings.